The SMILES string of the molecule is Cc1cc2nc(CO)ccc2c(Br)c1[C@@H](C)OC(C)(C)C. The van der Waals surface area contributed by atoms with Crippen molar-refractivity contribution in [3.05, 3.63) is 39.5 Å². The summed E-state index contributed by atoms with van der Waals surface area (Å²) < 4.78 is 7.11. The standard InChI is InChI=1S/C17H22BrNO2/c1-10-8-14-13(7-6-12(9-20)19-14)16(18)15(10)11(2)21-17(3,4)5/h6-8,11,20H,9H2,1-5H3/t11-/m1/s1. The van der Waals surface area contributed by atoms with Crippen molar-refractivity contribution in [2.45, 2.75) is 52.9 Å². The van der Waals surface area contributed by atoms with Crippen LogP contribution >= 0.6 is 15.9 Å². The zero-order valence-corrected chi connectivity index (χ0v) is 14.8. The van der Waals surface area contributed by atoms with Crippen molar-refractivity contribution in [3.8, 4) is 0 Å². The predicted molar refractivity (Wildman–Crippen MR) is 89.4 cm³/mol. The van der Waals surface area contributed by atoms with Crippen LogP contribution in [0.5, 0.6) is 0 Å². The Balaban J connectivity index is 2.55. The summed E-state index contributed by atoms with van der Waals surface area (Å²) in [6, 6.07) is 5.89. The van der Waals surface area contributed by atoms with E-state index in [-0.39, 0.29) is 18.3 Å². The molecule has 1 atom stereocenters. The van der Waals surface area contributed by atoms with Gasteiger partial charge in [0.25, 0.3) is 0 Å². The summed E-state index contributed by atoms with van der Waals surface area (Å²) in [5.74, 6) is 0. The highest BCUT2D eigenvalue weighted by molar-refractivity contribution is 9.10. The number of aryl methyl sites for hydroxylation is 1. The predicted octanol–water partition coefficient (Wildman–Crippen LogP) is 4.67. The Morgan fingerprint density at radius 2 is 2.00 bits per heavy atom. The van der Waals surface area contributed by atoms with Crippen molar-refractivity contribution in [1.82, 2.24) is 4.98 Å². The highest BCUT2D eigenvalue weighted by atomic mass is 79.9. The molecule has 4 heteroatoms. The number of benzene rings is 1. The van der Waals surface area contributed by atoms with Crippen molar-refractivity contribution < 1.29 is 9.84 Å². The van der Waals surface area contributed by atoms with Gasteiger partial charge >= 0.3 is 0 Å². The number of fused-ring (bicyclic) bond motifs is 1. The van der Waals surface area contributed by atoms with Crippen LogP contribution in [0.15, 0.2) is 22.7 Å². The summed E-state index contributed by atoms with van der Waals surface area (Å²) in [6.45, 7) is 10.3. The van der Waals surface area contributed by atoms with Crippen LogP contribution in [0.4, 0.5) is 0 Å². The number of ether oxygens (including phenoxy) is 1. The molecule has 0 bridgehead atoms. The van der Waals surface area contributed by atoms with Gasteiger partial charge in [-0.15, -0.1) is 0 Å². The fraction of sp³-hybridized carbons (Fsp3) is 0.471. The average molecular weight is 352 g/mol. The molecular weight excluding hydrogens is 330 g/mol. The van der Waals surface area contributed by atoms with E-state index in [1.165, 1.54) is 0 Å². The fourth-order valence-corrected chi connectivity index (χ4v) is 3.56. The Hall–Kier alpha value is -0.970. The van der Waals surface area contributed by atoms with Gasteiger partial charge in [-0.2, -0.15) is 0 Å². The van der Waals surface area contributed by atoms with Gasteiger partial charge in [-0.25, -0.2) is 0 Å². The molecule has 0 aliphatic rings. The van der Waals surface area contributed by atoms with Crippen LogP contribution in [0.1, 0.15) is 50.6 Å². The van der Waals surface area contributed by atoms with Crippen LogP contribution in [0.25, 0.3) is 10.9 Å². The quantitative estimate of drug-likeness (QED) is 0.873. The summed E-state index contributed by atoms with van der Waals surface area (Å²) in [7, 11) is 0. The van der Waals surface area contributed by atoms with Gasteiger partial charge in [0.05, 0.1) is 29.5 Å². The average Bonchev–Trinajstić information content (AvgIpc) is 2.35. The minimum atomic E-state index is -0.195. The van der Waals surface area contributed by atoms with E-state index in [0.29, 0.717) is 5.69 Å². The fourth-order valence-electron chi connectivity index (χ4n) is 2.59. The smallest absolute Gasteiger partial charge is 0.0853 e. The lowest BCUT2D eigenvalue weighted by Gasteiger charge is -2.27. The molecule has 0 amide bonds. The Morgan fingerprint density at radius 3 is 2.57 bits per heavy atom. The Kier molecular flexibility index (Phi) is 4.71. The topological polar surface area (TPSA) is 42.4 Å². The van der Waals surface area contributed by atoms with E-state index in [2.05, 4.69) is 61.6 Å². The summed E-state index contributed by atoms with van der Waals surface area (Å²) in [5, 5.41) is 10.3. The Bertz CT molecular complexity index is 662. The maximum Gasteiger partial charge on any atom is 0.0853 e. The molecule has 0 spiro atoms. The highest BCUT2D eigenvalue weighted by Crippen LogP contribution is 2.36. The van der Waals surface area contributed by atoms with E-state index in [0.717, 1.165) is 26.5 Å². The van der Waals surface area contributed by atoms with Crippen LogP contribution in [0.2, 0.25) is 0 Å². The molecule has 0 aliphatic carbocycles. The van der Waals surface area contributed by atoms with Gasteiger partial charge in [0.1, 0.15) is 0 Å². The number of hydrogen-bond acceptors (Lipinski definition) is 3. The lowest BCUT2D eigenvalue weighted by molar-refractivity contribution is -0.0534. The zero-order chi connectivity index (χ0) is 15.8. The van der Waals surface area contributed by atoms with Gasteiger partial charge in [0, 0.05) is 9.86 Å². The second-order valence-corrected chi connectivity index (χ2v) is 7.11. The van der Waals surface area contributed by atoms with Crippen LogP contribution in [0.3, 0.4) is 0 Å². The van der Waals surface area contributed by atoms with Crippen LogP contribution in [-0.4, -0.2) is 15.7 Å². The van der Waals surface area contributed by atoms with Crippen LogP contribution < -0.4 is 0 Å². The third kappa shape index (κ3) is 3.62. The number of aliphatic hydroxyl groups is 1. The number of halogens is 1. The molecule has 0 aliphatic heterocycles. The first kappa shape index (κ1) is 16.4. The molecule has 0 saturated carbocycles. The molecule has 21 heavy (non-hydrogen) atoms. The van der Waals surface area contributed by atoms with Crippen molar-refractivity contribution in [2.24, 2.45) is 0 Å². The largest absolute Gasteiger partial charge is 0.390 e. The van der Waals surface area contributed by atoms with Gasteiger partial charge in [0.15, 0.2) is 0 Å². The van der Waals surface area contributed by atoms with Crippen molar-refractivity contribution in [3.63, 3.8) is 0 Å². The zero-order valence-electron chi connectivity index (χ0n) is 13.2. The third-order valence-electron chi connectivity index (χ3n) is 3.33. The number of aromatic nitrogens is 1. The number of nitrogens with zero attached hydrogens (tertiary/aromatic N) is 1. The molecule has 0 unspecified atom stereocenters. The van der Waals surface area contributed by atoms with Crippen LogP contribution in [-0.2, 0) is 11.3 Å². The molecule has 1 N–H and O–H groups in total. The molecule has 3 nitrogen and oxygen atoms in total. The molecule has 2 rings (SSSR count). The van der Waals surface area contributed by atoms with Gasteiger partial charge in [0.2, 0.25) is 0 Å². The second kappa shape index (κ2) is 6.03. The number of aliphatic hydroxyl groups excluding tert-OH is 1. The molecular formula is C17H22BrNO2. The van der Waals surface area contributed by atoms with E-state index >= 15 is 0 Å². The van der Waals surface area contributed by atoms with Gasteiger partial charge < -0.3 is 9.84 Å². The van der Waals surface area contributed by atoms with Crippen molar-refractivity contribution in [1.29, 1.82) is 0 Å². The Morgan fingerprint density at radius 1 is 1.33 bits per heavy atom. The molecule has 0 fully saturated rings. The van der Waals surface area contributed by atoms with Gasteiger partial charge in [-0.05, 0) is 79.9 Å². The first-order chi connectivity index (χ1) is 9.73. The van der Waals surface area contributed by atoms with Gasteiger partial charge in [-0.3, -0.25) is 4.98 Å². The molecule has 1 heterocycles. The monoisotopic (exact) mass is 351 g/mol. The van der Waals surface area contributed by atoms with E-state index in [9.17, 15) is 5.11 Å². The maximum absolute atomic E-state index is 9.21. The molecule has 2 aromatic rings. The summed E-state index contributed by atoms with van der Waals surface area (Å²) in [6.07, 6.45) is -0.0127. The summed E-state index contributed by atoms with van der Waals surface area (Å²) >= 11 is 3.70. The van der Waals surface area contributed by atoms with Crippen LogP contribution in [0, 0.1) is 6.92 Å². The second-order valence-electron chi connectivity index (χ2n) is 6.32. The number of hydrogen-bond donors (Lipinski definition) is 1. The first-order valence-electron chi connectivity index (χ1n) is 7.10. The minimum Gasteiger partial charge on any atom is -0.390 e. The lowest BCUT2D eigenvalue weighted by atomic mass is 10.00. The van der Waals surface area contributed by atoms with E-state index < -0.39 is 0 Å². The third-order valence-corrected chi connectivity index (χ3v) is 4.19. The Labute approximate surface area is 134 Å². The molecule has 0 radical (unpaired) electrons. The highest BCUT2D eigenvalue weighted by Gasteiger charge is 2.21. The van der Waals surface area contributed by atoms with E-state index in [1.807, 2.05) is 12.1 Å². The van der Waals surface area contributed by atoms with Crippen molar-refractivity contribution >= 4 is 26.8 Å². The summed E-state index contributed by atoms with van der Waals surface area (Å²) in [5.41, 5.74) is 3.65. The number of pyridine rings is 1. The summed E-state index contributed by atoms with van der Waals surface area (Å²) in [4.78, 5) is 4.47. The van der Waals surface area contributed by atoms with Gasteiger partial charge in [-0.1, -0.05) is 0 Å². The first-order valence-corrected chi connectivity index (χ1v) is 7.89. The minimum absolute atomic E-state index is 0.0127. The number of rotatable bonds is 3. The lowest BCUT2D eigenvalue weighted by Crippen LogP contribution is -2.22. The molecule has 114 valence electrons. The molecule has 0 saturated heterocycles. The maximum atomic E-state index is 9.21. The normalized spacial score (nSPS) is 13.7. The molecule has 1 aromatic carbocycles. The molecule has 1 aromatic heterocycles. The van der Waals surface area contributed by atoms with E-state index in [1.54, 1.807) is 0 Å². The van der Waals surface area contributed by atoms with Crippen molar-refractivity contribution in [2.75, 3.05) is 0 Å². The van der Waals surface area contributed by atoms with E-state index in [4.69, 9.17) is 4.74 Å².